The van der Waals surface area contributed by atoms with Crippen LogP contribution in [0.4, 0.5) is 5.69 Å². The van der Waals surface area contributed by atoms with Crippen LogP contribution in [0, 0.1) is 29.6 Å². The molecule has 4 aliphatic rings. The number of fused-ring (bicyclic) bond motifs is 9. The van der Waals surface area contributed by atoms with Gasteiger partial charge in [-0.25, -0.2) is 0 Å². The van der Waals surface area contributed by atoms with E-state index in [9.17, 15) is 19.2 Å². The van der Waals surface area contributed by atoms with Gasteiger partial charge in [-0.15, -0.1) is 11.8 Å². The van der Waals surface area contributed by atoms with Crippen molar-refractivity contribution in [1.29, 1.82) is 0 Å². The van der Waals surface area contributed by atoms with E-state index < -0.39 is 0 Å². The van der Waals surface area contributed by atoms with Crippen LogP contribution in [0.25, 0.3) is 0 Å². The molecule has 2 bridgehead atoms. The van der Waals surface area contributed by atoms with Crippen molar-refractivity contribution in [2.24, 2.45) is 29.6 Å². The Kier molecular flexibility index (Phi) is 5.89. The van der Waals surface area contributed by atoms with Crippen molar-refractivity contribution in [1.82, 2.24) is 14.9 Å². The summed E-state index contributed by atoms with van der Waals surface area (Å²) in [4.78, 5) is 61.8. The number of likely N-dealkylation sites (tertiary alicyclic amines) is 1. The fraction of sp³-hybridized carbons (Fsp3) is 0.393. The molecule has 2 N–H and O–H groups in total. The monoisotopic (exact) mass is 562 g/mol. The second-order valence-electron chi connectivity index (χ2n) is 10.6. The molecular weight excluding hydrogens is 536 g/mol. The third kappa shape index (κ3) is 3.85. The quantitative estimate of drug-likeness (QED) is 0.442. The van der Waals surface area contributed by atoms with Crippen LogP contribution in [-0.4, -0.2) is 51.5 Å². The highest BCUT2D eigenvalue weighted by Gasteiger charge is 2.69. The lowest BCUT2D eigenvalue weighted by Crippen LogP contribution is -2.42. The van der Waals surface area contributed by atoms with Gasteiger partial charge in [-0.3, -0.25) is 29.1 Å². The number of methoxy groups -OCH3 is 1. The first kappa shape index (κ1) is 24.6. The van der Waals surface area contributed by atoms with Crippen LogP contribution in [0.3, 0.4) is 0 Å². The number of rotatable bonds is 6. The molecule has 2 aliphatic carbocycles. The van der Waals surface area contributed by atoms with Gasteiger partial charge in [0.25, 0.3) is 0 Å². The van der Waals surface area contributed by atoms with Crippen molar-refractivity contribution in [3.63, 3.8) is 0 Å². The Balaban J connectivity index is 1.11. The van der Waals surface area contributed by atoms with E-state index in [1.807, 2.05) is 18.3 Å². The lowest BCUT2D eigenvalue weighted by Gasteiger charge is -2.42. The number of hydrogen-bond acceptors (Lipinski definition) is 8. The second kappa shape index (κ2) is 9.34. The molecule has 0 spiro atoms. The number of nitrogens with one attached hydrogen (secondary N) is 2. The number of carbonyl (C=O) groups excluding carboxylic acids is 3. The summed E-state index contributed by atoms with van der Waals surface area (Å²) in [5.74, 6) is -0.405. The van der Waals surface area contributed by atoms with Gasteiger partial charge in [-0.05, 0) is 60.1 Å². The van der Waals surface area contributed by atoms with E-state index in [1.54, 1.807) is 49.3 Å². The van der Waals surface area contributed by atoms with Crippen LogP contribution in [0.2, 0.25) is 0 Å². The van der Waals surface area contributed by atoms with Crippen molar-refractivity contribution in [3.8, 4) is 5.75 Å². The number of ether oxygens (including phenoxy) is 1. The van der Waals surface area contributed by atoms with Gasteiger partial charge < -0.3 is 15.0 Å². The smallest absolute Gasteiger partial charge is 0.305 e. The summed E-state index contributed by atoms with van der Waals surface area (Å²) in [7, 11) is 1.58. The first-order valence-electron chi connectivity index (χ1n) is 13.0. The number of hydrogen-bond donors (Lipinski definition) is 2. The van der Waals surface area contributed by atoms with Gasteiger partial charge in [0.2, 0.25) is 17.7 Å². The average molecular weight is 563 g/mol. The van der Waals surface area contributed by atoms with E-state index in [0.29, 0.717) is 11.4 Å². The minimum atomic E-state index is -0.370. The number of aromatic amines is 1. The zero-order chi connectivity index (χ0) is 26.8. The second-order valence-corrected chi connectivity index (χ2v) is 12.8. The molecule has 3 aromatic rings. The van der Waals surface area contributed by atoms with Crippen molar-refractivity contribution in [3.05, 3.63) is 68.9 Å². The molecule has 2 aromatic heterocycles. The van der Waals surface area contributed by atoms with Gasteiger partial charge in [0.05, 0.1) is 24.0 Å². The highest BCUT2D eigenvalue weighted by molar-refractivity contribution is 8.00. The van der Waals surface area contributed by atoms with Crippen LogP contribution in [0.15, 0.2) is 58.6 Å². The molecule has 0 radical (unpaired) electrons. The Labute approximate surface area is 232 Å². The molecule has 7 atom stereocenters. The van der Waals surface area contributed by atoms with Crippen molar-refractivity contribution in [2.75, 3.05) is 19.0 Å². The molecule has 2 saturated carbocycles. The number of amides is 3. The molecule has 39 heavy (non-hydrogen) atoms. The number of thiazole rings is 1. The molecule has 11 heteroatoms. The van der Waals surface area contributed by atoms with E-state index in [2.05, 4.69) is 15.3 Å². The number of anilines is 1. The van der Waals surface area contributed by atoms with E-state index in [-0.39, 0.29) is 76.3 Å². The molecule has 7 rings (SSSR count). The van der Waals surface area contributed by atoms with Gasteiger partial charge in [-0.1, -0.05) is 17.4 Å². The molecule has 2 aliphatic heterocycles. The van der Waals surface area contributed by atoms with Gasteiger partial charge in [-0.2, -0.15) is 0 Å². The molecule has 9 nitrogen and oxygen atoms in total. The summed E-state index contributed by atoms with van der Waals surface area (Å²) in [5.41, 5.74) is 1.67. The fourth-order valence-corrected chi connectivity index (χ4v) is 10.2. The Morgan fingerprint density at radius 1 is 1.13 bits per heavy atom. The molecule has 4 heterocycles. The predicted octanol–water partition coefficient (Wildman–Crippen LogP) is 3.34. The first-order chi connectivity index (χ1) is 18.9. The van der Waals surface area contributed by atoms with Crippen LogP contribution < -0.4 is 14.9 Å². The topological polar surface area (TPSA) is 121 Å². The van der Waals surface area contributed by atoms with Gasteiger partial charge >= 0.3 is 4.87 Å². The number of thioether (sulfide) groups is 1. The molecule has 7 unspecified atom stereocenters. The number of H-pyrrole nitrogens is 1. The summed E-state index contributed by atoms with van der Waals surface area (Å²) >= 11 is 2.90. The number of nitrogens with zero attached hydrogens (tertiary/aromatic N) is 2. The lowest BCUT2D eigenvalue weighted by atomic mass is 9.68. The Morgan fingerprint density at radius 2 is 1.90 bits per heavy atom. The maximum absolute atomic E-state index is 13.7. The standard InChI is InChI=1S/C28H26N4O5S2/c1-37-15-6-4-14(5-7-15)30-18(33)8-10-32-26(34)21-16-11-17(22(21)27(32)35)23-20(16)19(13-3-2-9-29-12-13)24-25(38-23)31-28(36)39-24/h2-7,9,12,16-17,19-23H,8,10-11H2,1H3,(H,30,33)(H,31,36). The van der Waals surface area contributed by atoms with Crippen LogP contribution in [0.1, 0.15) is 29.2 Å². The molecule has 1 saturated heterocycles. The summed E-state index contributed by atoms with van der Waals surface area (Å²) < 4.78 is 5.14. The summed E-state index contributed by atoms with van der Waals surface area (Å²) in [5, 5.41) is 3.84. The number of benzene rings is 1. The minimum absolute atomic E-state index is 0.0351. The predicted molar refractivity (Wildman–Crippen MR) is 146 cm³/mol. The van der Waals surface area contributed by atoms with Crippen molar-refractivity contribution in [2.45, 2.75) is 29.0 Å². The van der Waals surface area contributed by atoms with Crippen molar-refractivity contribution >= 4 is 46.5 Å². The number of imide groups is 1. The highest BCUT2D eigenvalue weighted by atomic mass is 32.2. The lowest BCUT2D eigenvalue weighted by molar-refractivity contribution is -0.141. The molecule has 3 fully saturated rings. The molecule has 1 aromatic carbocycles. The van der Waals surface area contributed by atoms with E-state index in [4.69, 9.17) is 4.74 Å². The summed E-state index contributed by atoms with van der Waals surface area (Å²) in [6, 6.07) is 10.9. The minimum Gasteiger partial charge on any atom is -0.497 e. The fourth-order valence-electron chi connectivity index (χ4n) is 7.34. The molecular formula is C28H26N4O5S2. The zero-order valence-electron chi connectivity index (χ0n) is 21.0. The van der Waals surface area contributed by atoms with E-state index in [1.165, 1.54) is 16.2 Å². The van der Waals surface area contributed by atoms with Gasteiger partial charge in [0.1, 0.15) is 5.75 Å². The molecule has 200 valence electrons. The third-order valence-corrected chi connectivity index (χ3v) is 11.4. The summed E-state index contributed by atoms with van der Waals surface area (Å²) in [6.45, 7) is 0.0707. The Morgan fingerprint density at radius 3 is 2.62 bits per heavy atom. The molecule has 3 amide bonds. The summed E-state index contributed by atoms with van der Waals surface area (Å²) in [6.07, 6.45) is 4.45. The van der Waals surface area contributed by atoms with E-state index >= 15 is 0 Å². The SMILES string of the molecule is COc1ccc(NC(=O)CCN2C(=O)C3C4CC(C3C2=O)C2C(c3cccnc3)c3sc(=O)[nH]c3SC42)cc1. The maximum Gasteiger partial charge on any atom is 0.305 e. The van der Waals surface area contributed by atoms with Gasteiger partial charge in [0, 0.05) is 47.1 Å². The largest absolute Gasteiger partial charge is 0.497 e. The van der Waals surface area contributed by atoms with Crippen LogP contribution >= 0.6 is 23.1 Å². The van der Waals surface area contributed by atoms with E-state index in [0.717, 1.165) is 21.9 Å². The highest BCUT2D eigenvalue weighted by Crippen LogP contribution is 2.68. The number of pyridine rings is 1. The average Bonchev–Trinajstić information content (AvgIpc) is 3.67. The first-order valence-corrected chi connectivity index (χ1v) is 14.7. The van der Waals surface area contributed by atoms with Crippen molar-refractivity contribution < 1.29 is 19.1 Å². The number of carbonyl (C=O) groups is 3. The zero-order valence-corrected chi connectivity index (χ0v) is 22.7. The van der Waals surface area contributed by atoms with Gasteiger partial charge in [0.15, 0.2) is 0 Å². The van der Waals surface area contributed by atoms with Crippen LogP contribution in [0.5, 0.6) is 5.75 Å². The normalized spacial score (nSPS) is 30.2. The third-order valence-electron chi connectivity index (χ3n) is 8.79. The number of aromatic nitrogens is 2. The van der Waals surface area contributed by atoms with Crippen LogP contribution in [-0.2, 0) is 14.4 Å². The Bertz CT molecular complexity index is 1520. The maximum atomic E-state index is 13.7. The Hall–Kier alpha value is -3.44.